The van der Waals surface area contributed by atoms with Crippen LogP contribution in [-0.4, -0.2) is 9.97 Å². The Morgan fingerprint density at radius 2 is 0.884 bits per heavy atom. The lowest BCUT2D eigenvalue weighted by atomic mass is 9.92. The fourth-order valence-electron chi connectivity index (χ4n) is 6.53. The van der Waals surface area contributed by atoms with Gasteiger partial charge in [0, 0.05) is 43.3 Å². The number of thiophene rings is 1. The quantitative estimate of drug-likeness (QED) is 0.199. The van der Waals surface area contributed by atoms with Crippen LogP contribution in [0.4, 0.5) is 0 Å². The fourth-order valence-corrected chi connectivity index (χ4v) is 7.62. The summed E-state index contributed by atoms with van der Waals surface area (Å²) in [6.07, 6.45) is 3.55. The van der Waals surface area contributed by atoms with Crippen molar-refractivity contribution in [1.82, 2.24) is 9.97 Å². The van der Waals surface area contributed by atoms with Crippen LogP contribution < -0.4 is 0 Å². The van der Waals surface area contributed by atoms with Gasteiger partial charge in [0.1, 0.15) is 0 Å². The molecule has 9 aromatic rings. The Kier molecular flexibility index (Phi) is 5.40. The van der Waals surface area contributed by atoms with Gasteiger partial charge in [0.15, 0.2) is 0 Å². The average molecular weight is 565 g/mol. The highest BCUT2D eigenvalue weighted by Crippen LogP contribution is 2.40. The Bertz CT molecular complexity index is 2470. The van der Waals surface area contributed by atoms with Crippen molar-refractivity contribution in [1.29, 1.82) is 0 Å². The molecule has 0 aliphatic heterocycles. The number of rotatable bonds is 3. The normalized spacial score (nSPS) is 11.7. The Balaban J connectivity index is 1.14. The van der Waals surface area contributed by atoms with Crippen LogP contribution in [0.15, 0.2) is 146 Å². The first-order valence-electron chi connectivity index (χ1n) is 14.5. The van der Waals surface area contributed by atoms with Crippen LogP contribution in [0.3, 0.4) is 0 Å². The smallest absolute Gasteiger partial charge is 0.0971 e. The minimum atomic E-state index is 0.948. The van der Waals surface area contributed by atoms with E-state index in [9.17, 15) is 0 Å². The molecule has 2 heterocycles. The average Bonchev–Trinajstić information content (AvgIpc) is 3.46. The lowest BCUT2D eigenvalue weighted by Crippen LogP contribution is -1.89. The molecule has 9 rings (SSSR count). The van der Waals surface area contributed by atoms with Crippen molar-refractivity contribution in [3.63, 3.8) is 0 Å². The van der Waals surface area contributed by atoms with Gasteiger partial charge in [-0.25, -0.2) is 0 Å². The van der Waals surface area contributed by atoms with Gasteiger partial charge < -0.3 is 0 Å². The molecule has 200 valence electrons. The zero-order valence-corrected chi connectivity index (χ0v) is 24.0. The van der Waals surface area contributed by atoms with E-state index in [1.807, 2.05) is 11.3 Å². The third-order valence-electron chi connectivity index (χ3n) is 8.59. The van der Waals surface area contributed by atoms with E-state index in [-0.39, 0.29) is 0 Å². The molecule has 0 aliphatic carbocycles. The first-order chi connectivity index (χ1) is 21.3. The summed E-state index contributed by atoms with van der Waals surface area (Å²) in [4.78, 5) is 9.38. The van der Waals surface area contributed by atoms with Gasteiger partial charge in [0.2, 0.25) is 0 Å². The highest BCUT2D eigenvalue weighted by atomic mass is 32.1. The molecule has 2 nitrogen and oxygen atoms in total. The molecule has 0 amide bonds. The molecular weight excluding hydrogens is 541 g/mol. The largest absolute Gasteiger partial charge is 0.252 e. The molecule has 43 heavy (non-hydrogen) atoms. The summed E-state index contributed by atoms with van der Waals surface area (Å²) < 4.78 is 2.66. The Morgan fingerprint density at radius 3 is 1.67 bits per heavy atom. The molecule has 0 bridgehead atoms. The van der Waals surface area contributed by atoms with Crippen LogP contribution >= 0.6 is 11.3 Å². The minimum absolute atomic E-state index is 0.948. The monoisotopic (exact) mass is 564 g/mol. The van der Waals surface area contributed by atoms with Gasteiger partial charge in [-0.1, -0.05) is 109 Å². The summed E-state index contributed by atoms with van der Waals surface area (Å²) >= 11 is 1.86. The molecule has 0 saturated heterocycles. The van der Waals surface area contributed by atoms with E-state index in [1.54, 1.807) is 12.4 Å². The van der Waals surface area contributed by atoms with E-state index < -0.39 is 0 Å². The van der Waals surface area contributed by atoms with Crippen LogP contribution in [0.5, 0.6) is 0 Å². The van der Waals surface area contributed by atoms with Crippen molar-refractivity contribution in [2.45, 2.75) is 0 Å². The maximum atomic E-state index is 4.71. The van der Waals surface area contributed by atoms with Crippen LogP contribution in [0.25, 0.3) is 86.1 Å². The van der Waals surface area contributed by atoms with Crippen molar-refractivity contribution < 1.29 is 0 Å². The van der Waals surface area contributed by atoms with Crippen molar-refractivity contribution in [3.8, 4) is 33.4 Å². The lowest BCUT2D eigenvalue weighted by Gasteiger charge is -2.13. The molecule has 0 unspecified atom stereocenters. The number of hydrogen-bond donors (Lipinski definition) is 0. The SMILES string of the molecule is c1ccc(-c2ccc3sc4ccccc4c3c2)c(-c2ccc(-c3ccc4c(c3)c3ccccc3c3nccnc43)cc2)c1. The van der Waals surface area contributed by atoms with Gasteiger partial charge >= 0.3 is 0 Å². The van der Waals surface area contributed by atoms with E-state index in [1.165, 1.54) is 64.3 Å². The summed E-state index contributed by atoms with van der Waals surface area (Å²) in [7, 11) is 0. The summed E-state index contributed by atoms with van der Waals surface area (Å²) in [5, 5.41) is 7.32. The molecule has 0 atom stereocenters. The van der Waals surface area contributed by atoms with Gasteiger partial charge in [-0.3, -0.25) is 9.97 Å². The number of benzene rings is 7. The van der Waals surface area contributed by atoms with Crippen LogP contribution in [0.2, 0.25) is 0 Å². The van der Waals surface area contributed by atoms with Crippen molar-refractivity contribution in [3.05, 3.63) is 146 Å². The van der Waals surface area contributed by atoms with E-state index in [0.29, 0.717) is 0 Å². The molecule has 0 radical (unpaired) electrons. The van der Waals surface area contributed by atoms with Gasteiger partial charge in [-0.15, -0.1) is 11.3 Å². The van der Waals surface area contributed by atoms with Gasteiger partial charge in [-0.05, 0) is 68.4 Å². The summed E-state index contributed by atoms with van der Waals surface area (Å²) in [6.45, 7) is 0. The Morgan fingerprint density at radius 1 is 0.349 bits per heavy atom. The van der Waals surface area contributed by atoms with Gasteiger partial charge in [0.25, 0.3) is 0 Å². The van der Waals surface area contributed by atoms with Gasteiger partial charge in [0.05, 0.1) is 11.0 Å². The first-order valence-corrected chi connectivity index (χ1v) is 15.3. The molecule has 0 saturated carbocycles. The maximum absolute atomic E-state index is 4.71. The van der Waals surface area contributed by atoms with Crippen molar-refractivity contribution in [2.24, 2.45) is 0 Å². The number of nitrogens with zero attached hydrogens (tertiary/aromatic N) is 2. The molecule has 0 fully saturated rings. The zero-order chi connectivity index (χ0) is 28.3. The predicted molar refractivity (Wildman–Crippen MR) is 184 cm³/mol. The Labute approximate surface area is 252 Å². The van der Waals surface area contributed by atoms with E-state index in [0.717, 1.165) is 21.8 Å². The molecule has 2 aromatic heterocycles. The van der Waals surface area contributed by atoms with E-state index in [4.69, 9.17) is 4.98 Å². The number of aromatic nitrogens is 2. The third kappa shape index (κ3) is 3.86. The van der Waals surface area contributed by atoms with Crippen molar-refractivity contribution in [2.75, 3.05) is 0 Å². The molecule has 3 heteroatoms. The van der Waals surface area contributed by atoms with E-state index in [2.05, 4.69) is 138 Å². The fraction of sp³-hybridized carbons (Fsp3) is 0. The molecule has 0 spiro atoms. The summed E-state index contributed by atoms with van der Waals surface area (Å²) in [6, 6.07) is 48.5. The zero-order valence-electron chi connectivity index (χ0n) is 23.2. The standard InChI is InChI=1S/C40H24N2S/c1-2-8-30(28-18-20-38-36(24-28)32-10-5-6-12-37(32)43-38)29(7-1)26-15-13-25(14-16-26)27-17-19-34-35(23-27)31-9-3-4-11-33(31)39-40(34)42-22-21-41-39/h1-24H. The third-order valence-corrected chi connectivity index (χ3v) is 9.74. The highest BCUT2D eigenvalue weighted by molar-refractivity contribution is 7.25. The number of hydrogen-bond acceptors (Lipinski definition) is 3. The lowest BCUT2D eigenvalue weighted by molar-refractivity contribution is 1.31. The van der Waals surface area contributed by atoms with Crippen molar-refractivity contribution >= 4 is 64.1 Å². The number of fused-ring (bicyclic) bond motifs is 9. The first kappa shape index (κ1) is 24.2. The molecule has 0 N–H and O–H groups in total. The summed E-state index contributed by atoms with van der Waals surface area (Å²) in [5.41, 5.74) is 9.22. The molecule has 0 aliphatic rings. The topological polar surface area (TPSA) is 25.8 Å². The van der Waals surface area contributed by atoms with Gasteiger partial charge in [-0.2, -0.15) is 0 Å². The highest BCUT2D eigenvalue weighted by Gasteiger charge is 2.13. The minimum Gasteiger partial charge on any atom is -0.252 e. The second-order valence-electron chi connectivity index (χ2n) is 11.0. The second-order valence-corrected chi connectivity index (χ2v) is 12.1. The predicted octanol–water partition coefficient (Wildman–Crippen LogP) is 11.3. The van der Waals surface area contributed by atoms with E-state index >= 15 is 0 Å². The maximum Gasteiger partial charge on any atom is 0.0971 e. The molecule has 7 aromatic carbocycles. The van der Waals surface area contributed by atoms with Crippen LogP contribution in [0, 0.1) is 0 Å². The summed E-state index contributed by atoms with van der Waals surface area (Å²) in [5.74, 6) is 0. The van der Waals surface area contributed by atoms with Crippen LogP contribution in [-0.2, 0) is 0 Å². The molecular formula is C40H24N2S. The second kappa shape index (κ2) is 9.59. The van der Waals surface area contributed by atoms with Crippen LogP contribution in [0.1, 0.15) is 0 Å². The Hall–Kier alpha value is -5.38.